The molecular weight excluding hydrogens is 204 g/mol. The summed E-state index contributed by atoms with van der Waals surface area (Å²) < 4.78 is 0. The second kappa shape index (κ2) is 4.05. The summed E-state index contributed by atoms with van der Waals surface area (Å²) in [6, 6.07) is -0.130. The molecule has 1 spiro atoms. The molecule has 0 bridgehead atoms. The average Bonchev–Trinajstić information content (AvgIpc) is 2.49. The number of carbonyl (C=O) groups is 1. The SMILES string of the molecule is CCN1CCCC2(CC1)C(=N)NC(=O)N2C. The Morgan fingerprint density at radius 3 is 2.75 bits per heavy atom. The van der Waals surface area contributed by atoms with Gasteiger partial charge in [-0.05, 0) is 32.4 Å². The van der Waals surface area contributed by atoms with Crippen molar-refractivity contribution in [2.75, 3.05) is 26.7 Å². The van der Waals surface area contributed by atoms with Gasteiger partial charge in [-0.3, -0.25) is 10.7 Å². The van der Waals surface area contributed by atoms with Crippen LogP contribution in [-0.4, -0.2) is 53.9 Å². The number of hydrogen-bond acceptors (Lipinski definition) is 3. The summed E-state index contributed by atoms with van der Waals surface area (Å²) in [5.41, 5.74) is -0.360. The van der Waals surface area contributed by atoms with Crippen LogP contribution in [0.25, 0.3) is 0 Å². The summed E-state index contributed by atoms with van der Waals surface area (Å²) in [6.45, 7) is 5.26. The highest BCUT2D eigenvalue weighted by Crippen LogP contribution is 2.31. The Balaban J connectivity index is 2.18. The molecule has 1 unspecified atom stereocenters. The molecule has 2 amide bonds. The molecular formula is C11H20N4O. The van der Waals surface area contributed by atoms with Crippen molar-refractivity contribution in [3.63, 3.8) is 0 Å². The van der Waals surface area contributed by atoms with Gasteiger partial charge in [-0.25, -0.2) is 4.79 Å². The largest absolute Gasteiger partial charge is 0.323 e. The maximum absolute atomic E-state index is 11.6. The van der Waals surface area contributed by atoms with Crippen molar-refractivity contribution in [3.05, 3.63) is 0 Å². The third-order valence-corrected chi connectivity index (χ3v) is 4.00. The zero-order valence-electron chi connectivity index (χ0n) is 10.0. The molecule has 0 aromatic carbocycles. The van der Waals surface area contributed by atoms with Crippen LogP contribution in [0.5, 0.6) is 0 Å². The number of rotatable bonds is 1. The molecule has 0 aromatic rings. The van der Waals surface area contributed by atoms with Crippen molar-refractivity contribution in [2.24, 2.45) is 0 Å². The Morgan fingerprint density at radius 2 is 2.19 bits per heavy atom. The van der Waals surface area contributed by atoms with E-state index in [0.29, 0.717) is 5.84 Å². The monoisotopic (exact) mass is 224 g/mol. The van der Waals surface area contributed by atoms with E-state index >= 15 is 0 Å². The molecule has 90 valence electrons. The van der Waals surface area contributed by atoms with E-state index in [2.05, 4.69) is 17.1 Å². The van der Waals surface area contributed by atoms with E-state index in [1.807, 2.05) is 0 Å². The minimum Gasteiger partial charge on any atom is -0.315 e. The number of likely N-dealkylation sites (N-methyl/N-ethyl adjacent to an activating group) is 1. The molecule has 2 saturated heterocycles. The van der Waals surface area contributed by atoms with Gasteiger partial charge in [0.25, 0.3) is 0 Å². The molecule has 2 heterocycles. The highest BCUT2D eigenvalue weighted by Gasteiger charge is 2.48. The summed E-state index contributed by atoms with van der Waals surface area (Å²) in [7, 11) is 1.80. The van der Waals surface area contributed by atoms with Crippen molar-refractivity contribution in [1.82, 2.24) is 15.1 Å². The summed E-state index contributed by atoms with van der Waals surface area (Å²) in [4.78, 5) is 15.7. The molecule has 2 aliphatic heterocycles. The van der Waals surface area contributed by atoms with E-state index < -0.39 is 0 Å². The van der Waals surface area contributed by atoms with Crippen LogP contribution in [0.1, 0.15) is 26.2 Å². The van der Waals surface area contributed by atoms with Gasteiger partial charge in [0.05, 0.1) is 0 Å². The fourth-order valence-corrected chi connectivity index (χ4v) is 2.75. The summed E-state index contributed by atoms with van der Waals surface area (Å²) in [5.74, 6) is 0.387. The Bertz CT molecular complexity index is 317. The minimum absolute atomic E-state index is 0.130. The lowest BCUT2D eigenvalue weighted by Crippen LogP contribution is -2.48. The molecule has 2 fully saturated rings. The van der Waals surface area contributed by atoms with Gasteiger partial charge in [0.2, 0.25) is 0 Å². The summed E-state index contributed by atoms with van der Waals surface area (Å²) >= 11 is 0. The lowest BCUT2D eigenvalue weighted by Gasteiger charge is -2.33. The maximum atomic E-state index is 11.6. The molecule has 16 heavy (non-hydrogen) atoms. The number of nitrogens with one attached hydrogen (secondary N) is 2. The number of nitrogens with zero attached hydrogens (tertiary/aromatic N) is 2. The van der Waals surface area contributed by atoms with Crippen LogP contribution in [0.4, 0.5) is 4.79 Å². The van der Waals surface area contributed by atoms with Gasteiger partial charge < -0.3 is 9.80 Å². The number of likely N-dealkylation sites (tertiary alicyclic amines) is 1. The van der Waals surface area contributed by atoms with Gasteiger partial charge in [-0.1, -0.05) is 6.92 Å². The fraction of sp³-hybridized carbons (Fsp3) is 0.818. The molecule has 5 nitrogen and oxygen atoms in total. The number of hydrogen-bond donors (Lipinski definition) is 2. The zero-order chi connectivity index (χ0) is 11.8. The smallest absolute Gasteiger partial charge is 0.315 e. The van der Waals surface area contributed by atoms with Crippen LogP contribution in [-0.2, 0) is 0 Å². The number of carbonyl (C=O) groups excluding carboxylic acids is 1. The first-order chi connectivity index (χ1) is 7.60. The molecule has 0 saturated carbocycles. The van der Waals surface area contributed by atoms with Crippen molar-refractivity contribution in [2.45, 2.75) is 31.7 Å². The Morgan fingerprint density at radius 1 is 1.44 bits per heavy atom. The Labute approximate surface area is 96.3 Å². The van der Waals surface area contributed by atoms with E-state index in [0.717, 1.165) is 38.9 Å². The molecule has 2 N–H and O–H groups in total. The predicted octanol–water partition coefficient (Wildman–Crippen LogP) is 0.863. The second-order valence-electron chi connectivity index (χ2n) is 4.68. The van der Waals surface area contributed by atoms with Gasteiger partial charge in [-0.2, -0.15) is 0 Å². The number of amidine groups is 1. The van der Waals surface area contributed by atoms with Crippen LogP contribution in [0.2, 0.25) is 0 Å². The molecule has 2 aliphatic rings. The van der Waals surface area contributed by atoms with E-state index in [9.17, 15) is 4.79 Å². The van der Waals surface area contributed by atoms with Crippen LogP contribution >= 0.6 is 0 Å². The van der Waals surface area contributed by atoms with Crippen LogP contribution in [0.15, 0.2) is 0 Å². The highest BCUT2D eigenvalue weighted by atomic mass is 16.2. The standard InChI is InChI=1S/C11H20N4O/c1-3-15-7-4-5-11(6-8-15)9(12)13-10(16)14(11)2/h3-8H2,1-2H3,(H2,12,13,16). The topological polar surface area (TPSA) is 59.4 Å². The predicted molar refractivity (Wildman–Crippen MR) is 62.7 cm³/mol. The Kier molecular flexibility index (Phi) is 2.88. The van der Waals surface area contributed by atoms with Crippen LogP contribution < -0.4 is 5.32 Å². The first-order valence-corrected chi connectivity index (χ1v) is 5.96. The minimum atomic E-state index is -0.360. The normalized spacial score (nSPS) is 32.0. The molecule has 2 rings (SSSR count). The molecule has 5 heteroatoms. The van der Waals surface area contributed by atoms with E-state index in [1.165, 1.54) is 0 Å². The molecule has 0 aromatic heterocycles. The van der Waals surface area contributed by atoms with Gasteiger partial charge in [0.15, 0.2) is 0 Å². The third-order valence-electron chi connectivity index (χ3n) is 4.00. The van der Waals surface area contributed by atoms with Gasteiger partial charge in [-0.15, -0.1) is 0 Å². The van der Waals surface area contributed by atoms with E-state index in [1.54, 1.807) is 11.9 Å². The van der Waals surface area contributed by atoms with Crippen molar-refractivity contribution in [1.29, 1.82) is 5.41 Å². The van der Waals surface area contributed by atoms with Crippen molar-refractivity contribution < 1.29 is 4.79 Å². The quantitative estimate of drug-likeness (QED) is 0.694. The first-order valence-electron chi connectivity index (χ1n) is 5.96. The molecule has 1 atom stereocenters. The highest BCUT2D eigenvalue weighted by molar-refractivity contribution is 6.08. The second-order valence-corrected chi connectivity index (χ2v) is 4.68. The molecule has 0 aliphatic carbocycles. The summed E-state index contributed by atoms with van der Waals surface area (Å²) in [5, 5.41) is 10.6. The van der Waals surface area contributed by atoms with Crippen LogP contribution in [0.3, 0.4) is 0 Å². The van der Waals surface area contributed by atoms with E-state index in [4.69, 9.17) is 5.41 Å². The maximum Gasteiger partial charge on any atom is 0.323 e. The van der Waals surface area contributed by atoms with Crippen molar-refractivity contribution >= 4 is 11.9 Å². The lowest BCUT2D eigenvalue weighted by atomic mass is 9.89. The number of amides is 2. The third kappa shape index (κ3) is 1.59. The molecule has 0 radical (unpaired) electrons. The van der Waals surface area contributed by atoms with Gasteiger partial charge >= 0.3 is 6.03 Å². The summed E-state index contributed by atoms with van der Waals surface area (Å²) in [6.07, 6.45) is 2.82. The fourth-order valence-electron chi connectivity index (χ4n) is 2.75. The van der Waals surface area contributed by atoms with Crippen LogP contribution in [0, 0.1) is 5.41 Å². The Hall–Kier alpha value is -1.10. The van der Waals surface area contributed by atoms with Gasteiger partial charge in [0.1, 0.15) is 11.4 Å². The first kappa shape index (κ1) is 11.4. The van der Waals surface area contributed by atoms with E-state index in [-0.39, 0.29) is 11.6 Å². The average molecular weight is 224 g/mol. The van der Waals surface area contributed by atoms with Crippen molar-refractivity contribution in [3.8, 4) is 0 Å². The lowest BCUT2D eigenvalue weighted by molar-refractivity contribution is 0.182. The van der Waals surface area contributed by atoms with Gasteiger partial charge in [0, 0.05) is 13.6 Å². The zero-order valence-corrected chi connectivity index (χ0v) is 10.0. The number of urea groups is 1.